The standard InChI is InChI=1S/C27H28N6O4/c1-17-24(37-20-10-6-9-19(15-20)26(34)35)12-11-22(29-17)25-23(33(2)32-31-25)16-36-27-28-14-13-21(30-27)18-7-4-3-5-8-18/h3-5,7-8,11-14,19-20H,6,9-10,15-16H2,1-2H3,(H,34,35)/t19-,20-/m0/s1. The first-order valence-corrected chi connectivity index (χ1v) is 12.2. The van der Waals surface area contributed by atoms with Gasteiger partial charge in [-0.1, -0.05) is 35.5 Å². The number of hydrogen-bond acceptors (Lipinski definition) is 8. The van der Waals surface area contributed by atoms with Crippen molar-refractivity contribution in [3.63, 3.8) is 0 Å². The number of carbonyl (C=O) groups is 1. The number of pyridine rings is 1. The molecule has 4 aromatic rings. The molecular weight excluding hydrogens is 472 g/mol. The van der Waals surface area contributed by atoms with Crippen LogP contribution >= 0.6 is 0 Å². The van der Waals surface area contributed by atoms with Crippen LogP contribution in [-0.4, -0.2) is 47.1 Å². The average molecular weight is 501 g/mol. The highest BCUT2D eigenvalue weighted by Gasteiger charge is 2.28. The van der Waals surface area contributed by atoms with E-state index in [1.54, 1.807) is 17.9 Å². The van der Waals surface area contributed by atoms with Crippen LogP contribution in [0.3, 0.4) is 0 Å². The minimum atomic E-state index is -0.756. The zero-order valence-corrected chi connectivity index (χ0v) is 20.7. The SMILES string of the molecule is Cc1nc(-c2nnn(C)c2COc2nccc(-c3ccccc3)n2)ccc1O[C@H]1CCC[C@H](C(=O)O)C1. The van der Waals surface area contributed by atoms with E-state index < -0.39 is 5.97 Å². The minimum Gasteiger partial charge on any atom is -0.489 e. The maximum absolute atomic E-state index is 11.4. The summed E-state index contributed by atoms with van der Waals surface area (Å²) in [6, 6.07) is 15.6. The summed E-state index contributed by atoms with van der Waals surface area (Å²) in [7, 11) is 1.79. The smallest absolute Gasteiger partial charge is 0.317 e. The summed E-state index contributed by atoms with van der Waals surface area (Å²) in [5, 5.41) is 17.8. The van der Waals surface area contributed by atoms with Crippen molar-refractivity contribution >= 4 is 5.97 Å². The van der Waals surface area contributed by atoms with Crippen LogP contribution in [0.1, 0.15) is 37.1 Å². The number of hydrogen-bond donors (Lipinski definition) is 1. The molecule has 1 N–H and O–H groups in total. The Labute approximate surface area is 214 Å². The lowest BCUT2D eigenvalue weighted by molar-refractivity contribution is -0.143. The maximum Gasteiger partial charge on any atom is 0.317 e. The van der Waals surface area contributed by atoms with Crippen molar-refractivity contribution in [1.29, 1.82) is 0 Å². The van der Waals surface area contributed by atoms with Gasteiger partial charge in [-0.3, -0.25) is 4.79 Å². The van der Waals surface area contributed by atoms with E-state index >= 15 is 0 Å². The van der Waals surface area contributed by atoms with Gasteiger partial charge < -0.3 is 14.6 Å². The van der Waals surface area contributed by atoms with Gasteiger partial charge in [0.2, 0.25) is 0 Å². The van der Waals surface area contributed by atoms with E-state index in [1.165, 1.54) is 0 Å². The number of aromatic nitrogens is 6. The third-order valence-electron chi connectivity index (χ3n) is 6.53. The van der Waals surface area contributed by atoms with Crippen LogP contribution in [0.5, 0.6) is 11.8 Å². The Balaban J connectivity index is 1.30. The van der Waals surface area contributed by atoms with Crippen LogP contribution in [0.15, 0.2) is 54.7 Å². The Bertz CT molecular complexity index is 1390. The van der Waals surface area contributed by atoms with E-state index in [0.717, 1.165) is 29.8 Å². The first-order chi connectivity index (χ1) is 18.0. The second-order valence-electron chi connectivity index (χ2n) is 9.11. The number of benzene rings is 1. The van der Waals surface area contributed by atoms with Crippen molar-refractivity contribution in [2.24, 2.45) is 13.0 Å². The lowest BCUT2D eigenvalue weighted by Gasteiger charge is -2.27. The quantitative estimate of drug-likeness (QED) is 0.378. The van der Waals surface area contributed by atoms with Crippen LogP contribution in [0.2, 0.25) is 0 Å². The van der Waals surface area contributed by atoms with Gasteiger partial charge in [0, 0.05) is 18.8 Å². The molecule has 0 saturated heterocycles. The summed E-state index contributed by atoms with van der Waals surface area (Å²) >= 11 is 0. The van der Waals surface area contributed by atoms with E-state index in [-0.39, 0.29) is 24.6 Å². The third-order valence-corrected chi connectivity index (χ3v) is 6.53. The lowest BCUT2D eigenvalue weighted by Crippen LogP contribution is -2.29. The molecule has 1 saturated carbocycles. The van der Waals surface area contributed by atoms with Gasteiger partial charge in [-0.2, -0.15) is 4.98 Å². The van der Waals surface area contributed by atoms with E-state index in [4.69, 9.17) is 14.5 Å². The molecule has 3 heterocycles. The zero-order valence-electron chi connectivity index (χ0n) is 20.7. The number of aliphatic carboxylic acids is 1. The number of ether oxygens (including phenoxy) is 2. The molecule has 0 aliphatic heterocycles. The van der Waals surface area contributed by atoms with Crippen molar-refractivity contribution in [2.75, 3.05) is 0 Å². The van der Waals surface area contributed by atoms with E-state index in [1.807, 2.05) is 55.5 Å². The summed E-state index contributed by atoms with van der Waals surface area (Å²) in [5.74, 6) is -0.466. The van der Waals surface area contributed by atoms with Crippen LogP contribution in [-0.2, 0) is 18.4 Å². The molecule has 0 bridgehead atoms. The van der Waals surface area contributed by atoms with E-state index in [2.05, 4.69) is 20.3 Å². The fourth-order valence-corrected chi connectivity index (χ4v) is 4.51. The highest BCUT2D eigenvalue weighted by Crippen LogP contribution is 2.30. The highest BCUT2D eigenvalue weighted by molar-refractivity contribution is 5.70. The summed E-state index contributed by atoms with van der Waals surface area (Å²) < 4.78 is 13.7. The van der Waals surface area contributed by atoms with Gasteiger partial charge in [0.05, 0.1) is 29.1 Å². The highest BCUT2D eigenvalue weighted by atomic mass is 16.5. The van der Waals surface area contributed by atoms with Crippen molar-refractivity contribution in [3.05, 3.63) is 66.1 Å². The summed E-state index contributed by atoms with van der Waals surface area (Å²) in [6.07, 6.45) is 4.42. The molecule has 10 heteroatoms. The fraction of sp³-hybridized carbons (Fsp3) is 0.333. The molecule has 190 valence electrons. The second kappa shape index (κ2) is 10.7. The number of rotatable bonds is 8. The average Bonchev–Trinajstić information content (AvgIpc) is 3.29. The van der Waals surface area contributed by atoms with Crippen molar-refractivity contribution in [3.8, 4) is 34.4 Å². The number of carboxylic acids is 1. The molecule has 2 atom stereocenters. The molecule has 1 fully saturated rings. The van der Waals surface area contributed by atoms with Crippen LogP contribution < -0.4 is 9.47 Å². The first kappa shape index (κ1) is 24.4. The topological polar surface area (TPSA) is 125 Å². The molecule has 0 amide bonds. The third kappa shape index (κ3) is 5.58. The molecule has 1 aromatic carbocycles. The first-order valence-electron chi connectivity index (χ1n) is 12.2. The fourth-order valence-electron chi connectivity index (χ4n) is 4.51. The molecule has 0 radical (unpaired) electrons. The summed E-state index contributed by atoms with van der Waals surface area (Å²) in [5.41, 5.74) is 4.42. The van der Waals surface area contributed by atoms with Crippen molar-refractivity contribution in [1.82, 2.24) is 29.9 Å². The molecule has 1 aliphatic rings. The Hall–Kier alpha value is -4.34. The predicted octanol–water partition coefficient (Wildman–Crippen LogP) is 4.24. The van der Waals surface area contributed by atoms with Gasteiger partial charge in [0.1, 0.15) is 23.7 Å². The predicted molar refractivity (Wildman–Crippen MR) is 135 cm³/mol. The second-order valence-corrected chi connectivity index (χ2v) is 9.11. The largest absolute Gasteiger partial charge is 0.489 e. The van der Waals surface area contributed by atoms with Crippen LogP contribution in [0.25, 0.3) is 22.6 Å². The molecule has 1 aliphatic carbocycles. The van der Waals surface area contributed by atoms with Crippen LogP contribution in [0, 0.1) is 12.8 Å². The zero-order chi connectivity index (χ0) is 25.8. The van der Waals surface area contributed by atoms with Crippen molar-refractivity contribution in [2.45, 2.75) is 45.3 Å². The van der Waals surface area contributed by atoms with E-state index in [0.29, 0.717) is 35.7 Å². The normalized spacial score (nSPS) is 17.4. The van der Waals surface area contributed by atoms with Gasteiger partial charge in [0.15, 0.2) is 0 Å². The monoisotopic (exact) mass is 500 g/mol. The van der Waals surface area contributed by atoms with Gasteiger partial charge in [0.25, 0.3) is 0 Å². The lowest BCUT2D eigenvalue weighted by atomic mass is 9.87. The Morgan fingerprint density at radius 2 is 1.92 bits per heavy atom. The Kier molecular flexibility index (Phi) is 7.07. The van der Waals surface area contributed by atoms with Gasteiger partial charge in [-0.25, -0.2) is 14.6 Å². The molecule has 5 rings (SSSR count). The number of aryl methyl sites for hydroxylation is 2. The molecule has 0 spiro atoms. The molecular formula is C27H28N6O4. The van der Waals surface area contributed by atoms with Crippen LogP contribution in [0.4, 0.5) is 0 Å². The van der Waals surface area contributed by atoms with Gasteiger partial charge in [-0.05, 0) is 50.8 Å². The number of carboxylic acid groups (broad SMARTS) is 1. The maximum atomic E-state index is 11.4. The van der Waals surface area contributed by atoms with Gasteiger partial charge >= 0.3 is 12.0 Å². The molecule has 3 aromatic heterocycles. The Morgan fingerprint density at radius 1 is 1.08 bits per heavy atom. The minimum absolute atomic E-state index is 0.131. The molecule has 37 heavy (non-hydrogen) atoms. The molecule has 0 unspecified atom stereocenters. The number of nitrogens with zero attached hydrogens (tertiary/aromatic N) is 6. The molecule has 10 nitrogen and oxygen atoms in total. The van der Waals surface area contributed by atoms with E-state index in [9.17, 15) is 9.90 Å². The Morgan fingerprint density at radius 3 is 2.70 bits per heavy atom. The summed E-state index contributed by atoms with van der Waals surface area (Å²) in [6.45, 7) is 2.03. The van der Waals surface area contributed by atoms with Gasteiger partial charge in [-0.15, -0.1) is 5.10 Å². The van der Waals surface area contributed by atoms with Crippen molar-refractivity contribution < 1.29 is 19.4 Å². The summed E-state index contributed by atoms with van der Waals surface area (Å²) in [4.78, 5) is 24.8.